The average Bonchev–Trinajstić information content (AvgIpc) is 2.46. The van der Waals surface area contributed by atoms with Crippen LogP contribution in [0, 0.1) is 0 Å². The molecule has 0 amide bonds. The van der Waals surface area contributed by atoms with Crippen molar-refractivity contribution in [3.05, 3.63) is 29.8 Å². The monoisotopic (exact) mass is 265 g/mol. The topological polar surface area (TPSA) is 47.6 Å². The maximum atomic E-state index is 11.7. The van der Waals surface area contributed by atoms with Crippen LogP contribution in [0.1, 0.15) is 25.8 Å². The molecular weight excluding hydrogens is 242 g/mol. The zero-order valence-corrected chi connectivity index (χ0v) is 12.2. The fourth-order valence-electron chi connectivity index (χ4n) is 1.78. The number of aryl methyl sites for hydroxylation is 1. The molecule has 19 heavy (non-hydrogen) atoms. The van der Waals surface area contributed by atoms with Crippen molar-refractivity contribution in [3.63, 3.8) is 0 Å². The van der Waals surface area contributed by atoms with Crippen LogP contribution in [0.25, 0.3) is 0 Å². The molecule has 4 nitrogen and oxygen atoms in total. The fourth-order valence-corrected chi connectivity index (χ4v) is 1.78. The maximum Gasteiger partial charge on any atom is 0.325 e. The van der Waals surface area contributed by atoms with Crippen molar-refractivity contribution in [1.29, 1.82) is 0 Å². The smallest absolute Gasteiger partial charge is 0.325 e. The molecular formula is C15H23NO3. The van der Waals surface area contributed by atoms with Crippen molar-refractivity contribution in [2.45, 2.75) is 32.2 Å². The van der Waals surface area contributed by atoms with Gasteiger partial charge in [-0.15, -0.1) is 0 Å². The summed E-state index contributed by atoms with van der Waals surface area (Å²) in [6, 6.07) is 7.99. The van der Waals surface area contributed by atoms with Gasteiger partial charge in [0, 0.05) is 6.42 Å². The third-order valence-corrected chi connectivity index (χ3v) is 3.37. The normalized spacial score (nSPS) is 13.7. The van der Waals surface area contributed by atoms with E-state index >= 15 is 0 Å². The van der Waals surface area contributed by atoms with Gasteiger partial charge in [0.2, 0.25) is 0 Å². The molecule has 1 atom stereocenters. The van der Waals surface area contributed by atoms with Gasteiger partial charge in [0.05, 0.1) is 13.7 Å². The Hall–Kier alpha value is -1.55. The van der Waals surface area contributed by atoms with Gasteiger partial charge in [-0.3, -0.25) is 4.79 Å². The number of carbonyl (C=O) groups excluding carboxylic acids is 1. The molecule has 0 saturated carbocycles. The minimum Gasteiger partial charge on any atom is -0.493 e. The minimum absolute atomic E-state index is 0.277. The molecule has 0 bridgehead atoms. The second kappa shape index (κ2) is 7.14. The van der Waals surface area contributed by atoms with E-state index in [1.807, 2.05) is 25.1 Å². The summed E-state index contributed by atoms with van der Waals surface area (Å²) in [5.41, 5.74) is 0.527. The highest BCUT2D eigenvalue weighted by atomic mass is 16.5. The molecule has 0 fully saturated rings. The zero-order valence-electron chi connectivity index (χ0n) is 12.2. The molecule has 0 heterocycles. The van der Waals surface area contributed by atoms with Crippen molar-refractivity contribution in [2.75, 3.05) is 20.8 Å². The first-order chi connectivity index (χ1) is 9.05. The minimum atomic E-state index is -0.711. The number of ether oxygens (including phenoxy) is 2. The Morgan fingerprint density at radius 2 is 2.16 bits per heavy atom. The van der Waals surface area contributed by atoms with Gasteiger partial charge in [0.15, 0.2) is 0 Å². The Labute approximate surface area is 115 Å². The third kappa shape index (κ3) is 4.24. The van der Waals surface area contributed by atoms with Gasteiger partial charge in [-0.05, 0) is 38.1 Å². The Morgan fingerprint density at radius 1 is 1.42 bits per heavy atom. The van der Waals surface area contributed by atoms with Gasteiger partial charge in [-0.2, -0.15) is 0 Å². The summed E-state index contributed by atoms with van der Waals surface area (Å²) in [5, 5.41) is 2.98. The summed E-state index contributed by atoms with van der Waals surface area (Å²) < 4.78 is 10.5. The molecule has 0 aromatic heterocycles. The van der Waals surface area contributed by atoms with Crippen LogP contribution in [0.3, 0.4) is 0 Å². The number of benzene rings is 1. The van der Waals surface area contributed by atoms with Crippen LogP contribution in [0.2, 0.25) is 0 Å². The summed E-state index contributed by atoms with van der Waals surface area (Å²) in [6.45, 7) is 4.37. The number of esters is 1. The van der Waals surface area contributed by atoms with E-state index in [9.17, 15) is 4.79 Å². The van der Waals surface area contributed by atoms with Gasteiger partial charge in [0.25, 0.3) is 0 Å². The maximum absolute atomic E-state index is 11.7. The molecule has 1 aromatic rings. The Kier molecular flexibility index (Phi) is 5.83. The van der Waals surface area contributed by atoms with E-state index in [1.54, 1.807) is 7.05 Å². The molecule has 0 aliphatic carbocycles. The van der Waals surface area contributed by atoms with Gasteiger partial charge in [-0.1, -0.05) is 19.1 Å². The Bertz CT molecular complexity index is 420. The number of carbonyl (C=O) groups is 1. The number of nitrogens with one attached hydrogen (secondary N) is 1. The Balaban J connectivity index is 2.54. The molecule has 1 aromatic carbocycles. The number of hydrogen-bond donors (Lipinski definition) is 1. The summed E-state index contributed by atoms with van der Waals surface area (Å²) >= 11 is 0. The van der Waals surface area contributed by atoms with Crippen molar-refractivity contribution in [3.8, 4) is 5.75 Å². The number of likely N-dealkylation sites (N-methyl/N-ethyl adjacent to an activating group) is 1. The predicted molar refractivity (Wildman–Crippen MR) is 75.4 cm³/mol. The first-order valence-electron chi connectivity index (χ1n) is 6.54. The molecule has 0 aliphatic heterocycles. The number of rotatable bonds is 7. The molecule has 4 heteroatoms. The lowest BCUT2D eigenvalue weighted by molar-refractivity contribution is -0.148. The molecule has 0 spiro atoms. The zero-order chi connectivity index (χ0) is 14.3. The van der Waals surface area contributed by atoms with Gasteiger partial charge >= 0.3 is 5.97 Å². The lowest BCUT2D eigenvalue weighted by atomic mass is 9.99. The number of hydrogen-bond acceptors (Lipinski definition) is 4. The van der Waals surface area contributed by atoms with E-state index in [2.05, 4.69) is 18.3 Å². The van der Waals surface area contributed by atoms with Gasteiger partial charge in [0.1, 0.15) is 11.3 Å². The highest BCUT2D eigenvalue weighted by molar-refractivity contribution is 5.80. The first kappa shape index (κ1) is 15.5. The van der Waals surface area contributed by atoms with Crippen molar-refractivity contribution in [1.82, 2.24) is 5.32 Å². The largest absolute Gasteiger partial charge is 0.493 e. The fraction of sp³-hybridized carbons (Fsp3) is 0.533. The SMILES string of the molecule is CCc1cccc(OCCC(C)(NC)C(=O)OC)c1. The van der Waals surface area contributed by atoms with Crippen molar-refractivity contribution >= 4 is 5.97 Å². The van der Waals surface area contributed by atoms with Crippen molar-refractivity contribution in [2.24, 2.45) is 0 Å². The summed E-state index contributed by atoms with van der Waals surface area (Å²) in [5.74, 6) is 0.559. The average molecular weight is 265 g/mol. The van der Waals surface area contributed by atoms with Crippen LogP contribution in [0.15, 0.2) is 24.3 Å². The summed E-state index contributed by atoms with van der Waals surface area (Å²) in [6.07, 6.45) is 1.53. The second-order valence-electron chi connectivity index (χ2n) is 4.67. The van der Waals surface area contributed by atoms with Crippen LogP contribution >= 0.6 is 0 Å². The number of methoxy groups -OCH3 is 1. The van der Waals surface area contributed by atoms with E-state index in [1.165, 1.54) is 12.7 Å². The first-order valence-corrected chi connectivity index (χ1v) is 6.54. The molecule has 1 unspecified atom stereocenters. The van der Waals surface area contributed by atoms with E-state index < -0.39 is 5.54 Å². The van der Waals surface area contributed by atoms with Crippen LogP contribution in [0.5, 0.6) is 5.75 Å². The molecule has 0 aliphatic rings. The molecule has 1 rings (SSSR count). The predicted octanol–water partition coefficient (Wildman–Crippen LogP) is 2.17. The quantitative estimate of drug-likeness (QED) is 0.768. The molecule has 106 valence electrons. The highest BCUT2D eigenvalue weighted by Crippen LogP contribution is 2.16. The van der Waals surface area contributed by atoms with E-state index in [0.717, 1.165) is 12.2 Å². The second-order valence-corrected chi connectivity index (χ2v) is 4.67. The lowest BCUT2D eigenvalue weighted by Gasteiger charge is -2.25. The van der Waals surface area contributed by atoms with Crippen molar-refractivity contribution < 1.29 is 14.3 Å². The third-order valence-electron chi connectivity index (χ3n) is 3.37. The van der Waals surface area contributed by atoms with Gasteiger partial charge < -0.3 is 14.8 Å². The van der Waals surface area contributed by atoms with Crippen LogP contribution in [0.4, 0.5) is 0 Å². The Morgan fingerprint density at radius 3 is 2.74 bits per heavy atom. The van der Waals surface area contributed by atoms with Crippen LogP contribution in [-0.4, -0.2) is 32.3 Å². The van der Waals surface area contributed by atoms with Gasteiger partial charge in [-0.25, -0.2) is 0 Å². The summed E-state index contributed by atoms with van der Waals surface area (Å²) in [7, 11) is 3.14. The van der Waals surface area contributed by atoms with Crippen LogP contribution in [-0.2, 0) is 16.0 Å². The molecule has 1 N–H and O–H groups in total. The standard InChI is InChI=1S/C15H23NO3/c1-5-12-7-6-8-13(11-12)19-10-9-15(2,16-3)14(17)18-4/h6-8,11,16H,5,9-10H2,1-4H3. The molecule has 0 saturated heterocycles. The van der Waals surface area contributed by atoms with E-state index in [4.69, 9.17) is 9.47 Å². The van der Waals surface area contributed by atoms with E-state index in [0.29, 0.717) is 13.0 Å². The highest BCUT2D eigenvalue weighted by Gasteiger charge is 2.32. The lowest BCUT2D eigenvalue weighted by Crippen LogP contribution is -2.49. The van der Waals surface area contributed by atoms with E-state index in [-0.39, 0.29) is 5.97 Å². The van der Waals surface area contributed by atoms with Crippen LogP contribution < -0.4 is 10.1 Å². The molecule has 0 radical (unpaired) electrons. The summed E-state index contributed by atoms with van der Waals surface area (Å²) in [4.78, 5) is 11.7.